The largest absolute Gasteiger partial charge is 0.383 e. The number of nitrogen functional groups attached to an aromatic ring is 1. The summed E-state index contributed by atoms with van der Waals surface area (Å²) in [6, 6.07) is 5.11. The van der Waals surface area contributed by atoms with Gasteiger partial charge in [0.1, 0.15) is 18.1 Å². The van der Waals surface area contributed by atoms with Crippen LogP contribution in [0.25, 0.3) is 0 Å². The van der Waals surface area contributed by atoms with Crippen molar-refractivity contribution in [3.05, 3.63) is 49.6 Å². The monoisotopic (exact) mass is 435 g/mol. The lowest BCUT2D eigenvalue weighted by molar-refractivity contribution is -0.116. The van der Waals surface area contributed by atoms with E-state index in [-0.39, 0.29) is 11.5 Å². The lowest BCUT2D eigenvalue weighted by Crippen LogP contribution is -2.48. The van der Waals surface area contributed by atoms with Crippen LogP contribution in [0.5, 0.6) is 0 Å². The average molecular weight is 436 g/mol. The first-order valence-electron chi connectivity index (χ1n) is 9.85. The number of nitrogens with zero attached hydrogens (tertiary/aromatic N) is 3. The van der Waals surface area contributed by atoms with Gasteiger partial charge in [0.2, 0.25) is 5.91 Å². The molecule has 0 saturated carbocycles. The van der Waals surface area contributed by atoms with E-state index in [1.165, 1.54) is 4.57 Å². The second-order valence-electron chi connectivity index (χ2n) is 7.17. The molecule has 162 valence electrons. The minimum absolute atomic E-state index is 0.121. The number of rotatable bonds is 6. The number of morpholine rings is 1. The summed E-state index contributed by atoms with van der Waals surface area (Å²) in [6.07, 6.45) is 0.652. The van der Waals surface area contributed by atoms with Crippen molar-refractivity contribution in [1.82, 2.24) is 9.13 Å². The van der Waals surface area contributed by atoms with E-state index in [0.29, 0.717) is 50.0 Å². The van der Waals surface area contributed by atoms with E-state index in [0.717, 1.165) is 10.1 Å². The Hall–Kier alpha value is -2.78. The molecule has 9 nitrogen and oxygen atoms in total. The van der Waals surface area contributed by atoms with Gasteiger partial charge in [-0.25, -0.2) is 9.36 Å². The predicted octanol–water partition coefficient (Wildman–Crippen LogP) is 1.44. The number of amides is 1. The zero-order valence-electron chi connectivity index (χ0n) is 17.1. The van der Waals surface area contributed by atoms with Crippen LogP contribution in [-0.4, -0.2) is 41.3 Å². The highest BCUT2D eigenvalue weighted by Gasteiger charge is 2.24. The third kappa shape index (κ3) is 4.52. The number of carbonyl (C=O) groups is 1. The third-order valence-electron chi connectivity index (χ3n) is 4.99. The predicted molar refractivity (Wildman–Crippen MR) is 118 cm³/mol. The number of halogens is 1. The molecule has 0 spiro atoms. The zero-order valence-corrected chi connectivity index (χ0v) is 17.9. The molecule has 1 aliphatic rings. The first kappa shape index (κ1) is 21.9. The van der Waals surface area contributed by atoms with E-state index in [2.05, 4.69) is 5.32 Å². The molecule has 30 heavy (non-hydrogen) atoms. The van der Waals surface area contributed by atoms with E-state index in [1.54, 1.807) is 18.2 Å². The maximum absolute atomic E-state index is 13.2. The van der Waals surface area contributed by atoms with Crippen LogP contribution in [0, 0.1) is 6.92 Å². The maximum Gasteiger partial charge on any atom is 0.333 e. The normalized spacial score (nSPS) is 14.0. The average Bonchev–Trinajstić information content (AvgIpc) is 2.72. The molecule has 0 bridgehead atoms. The summed E-state index contributed by atoms with van der Waals surface area (Å²) in [7, 11) is 0. The minimum atomic E-state index is -0.602. The molecule has 1 aromatic heterocycles. The van der Waals surface area contributed by atoms with Crippen molar-refractivity contribution in [3.63, 3.8) is 0 Å². The molecule has 10 heteroatoms. The lowest BCUT2D eigenvalue weighted by Gasteiger charge is -2.30. The molecule has 3 rings (SSSR count). The van der Waals surface area contributed by atoms with E-state index in [9.17, 15) is 14.4 Å². The van der Waals surface area contributed by atoms with Crippen molar-refractivity contribution in [2.75, 3.05) is 42.3 Å². The van der Waals surface area contributed by atoms with Gasteiger partial charge in [0.05, 0.1) is 13.2 Å². The van der Waals surface area contributed by atoms with Crippen LogP contribution in [0.2, 0.25) is 5.02 Å². The fourth-order valence-electron chi connectivity index (χ4n) is 3.43. The van der Waals surface area contributed by atoms with Crippen LogP contribution >= 0.6 is 11.6 Å². The summed E-state index contributed by atoms with van der Waals surface area (Å²) in [4.78, 5) is 40.6. The molecule has 0 atom stereocenters. The van der Waals surface area contributed by atoms with Crippen LogP contribution in [0.3, 0.4) is 0 Å². The van der Waals surface area contributed by atoms with E-state index >= 15 is 0 Å². The van der Waals surface area contributed by atoms with Crippen molar-refractivity contribution < 1.29 is 9.53 Å². The first-order chi connectivity index (χ1) is 14.3. The van der Waals surface area contributed by atoms with E-state index in [4.69, 9.17) is 22.1 Å². The summed E-state index contributed by atoms with van der Waals surface area (Å²) < 4.78 is 7.64. The number of aryl methyl sites for hydroxylation is 1. The maximum atomic E-state index is 13.2. The fraction of sp³-hybridized carbons (Fsp3) is 0.450. The number of hydrogen-bond acceptors (Lipinski definition) is 6. The van der Waals surface area contributed by atoms with E-state index < -0.39 is 23.7 Å². The standard InChI is InChI=1S/C20H26ClN5O4/c1-3-6-25-18(22)17(24-7-9-30-10-8-24)19(28)26(20(25)29)12-16(27)23-15-11-14(21)5-4-13(15)2/h4-5,11H,3,6-10,12,22H2,1-2H3,(H,23,27). The Morgan fingerprint density at radius 2 is 1.93 bits per heavy atom. The minimum Gasteiger partial charge on any atom is -0.383 e. The van der Waals surface area contributed by atoms with Gasteiger partial charge in [-0.1, -0.05) is 24.6 Å². The van der Waals surface area contributed by atoms with Crippen LogP contribution in [0.4, 0.5) is 17.2 Å². The van der Waals surface area contributed by atoms with Crippen molar-refractivity contribution in [3.8, 4) is 0 Å². The van der Waals surface area contributed by atoms with Crippen molar-refractivity contribution in [2.24, 2.45) is 0 Å². The molecule has 1 aromatic carbocycles. The van der Waals surface area contributed by atoms with Crippen molar-refractivity contribution >= 4 is 34.7 Å². The van der Waals surface area contributed by atoms with Crippen molar-refractivity contribution in [2.45, 2.75) is 33.4 Å². The Morgan fingerprint density at radius 1 is 1.23 bits per heavy atom. The van der Waals surface area contributed by atoms with Crippen LogP contribution < -0.4 is 27.2 Å². The summed E-state index contributed by atoms with van der Waals surface area (Å²) >= 11 is 6.00. The number of hydrogen-bond donors (Lipinski definition) is 2. The smallest absolute Gasteiger partial charge is 0.333 e. The Balaban J connectivity index is 1.99. The SMILES string of the molecule is CCCn1c(N)c(N2CCOCC2)c(=O)n(CC(=O)Nc2cc(Cl)ccc2C)c1=O. The molecule has 1 saturated heterocycles. The Kier molecular flexibility index (Phi) is 6.84. The quantitative estimate of drug-likeness (QED) is 0.710. The summed E-state index contributed by atoms with van der Waals surface area (Å²) in [5.41, 5.74) is 6.61. The van der Waals surface area contributed by atoms with E-state index in [1.807, 2.05) is 18.7 Å². The Labute approximate surface area is 179 Å². The highest BCUT2D eigenvalue weighted by atomic mass is 35.5. The van der Waals surface area contributed by atoms with Gasteiger partial charge in [-0.2, -0.15) is 0 Å². The number of anilines is 3. The number of nitrogens with one attached hydrogen (secondary N) is 1. The summed E-state index contributed by atoms with van der Waals surface area (Å²) in [5, 5.41) is 3.20. The van der Waals surface area contributed by atoms with Crippen molar-refractivity contribution in [1.29, 1.82) is 0 Å². The van der Waals surface area contributed by atoms with Gasteiger partial charge >= 0.3 is 5.69 Å². The molecule has 1 aliphatic heterocycles. The molecule has 2 heterocycles. The van der Waals surface area contributed by atoms with Gasteiger partial charge in [0.15, 0.2) is 0 Å². The molecule has 1 amide bonds. The summed E-state index contributed by atoms with van der Waals surface area (Å²) in [6.45, 7) is 5.54. The number of benzene rings is 1. The molecule has 3 N–H and O–H groups in total. The van der Waals surface area contributed by atoms with Gasteiger partial charge in [-0.3, -0.25) is 14.2 Å². The molecular weight excluding hydrogens is 410 g/mol. The van der Waals surface area contributed by atoms with Gasteiger partial charge in [-0.05, 0) is 31.0 Å². The summed E-state index contributed by atoms with van der Waals surface area (Å²) in [5.74, 6) is -0.378. The zero-order chi connectivity index (χ0) is 21.8. The Morgan fingerprint density at radius 3 is 2.60 bits per heavy atom. The molecule has 0 unspecified atom stereocenters. The van der Waals surface area contributed by atoms with Gasteiger partial charge < -0.3 is 20.7 Å². The van der Waals surface area contributed by atoms with Crippen LogP contribution in [0.15, 0.2) is 27.8 Å². The van der Waals surface area contributed by atoms with Gasteiger partial charge in [0.25, 0.3) is 5.56 Å². The highest BCUT2D eigenvalue weighted by molar-refractivity contribution is 6.31. The number of aromatic nitrogens is 2. The molecular formula is C20H26ClN5O4. The first-order valence-corrected chi connectivity index (χ1v) is 10.2. The number of nitrogens with two attached hydrogens (primary N) is 1. The molecule has 1 fully saturated rings. The van der Waals surface area contributed by atoms with Crippen LogP contribution in [-0.2, 0) is 22.6 Å². The second-order valence-corrected chi connectivity index (χ2v) is 7.60. The lowest BCUT2D eigenvalue weighted by atomic mass is 10.2. The van der Waals surface area contributed by atoms with Crippen LogP contribution in [0.1, 0.15) is 18.9 Å². The third-order valence-corrected chi connectivity index (χ3v) is 5.23. The van der Waals surface area contributed by atoms with Gasteiger partial charge in [0, 0.05) is 30.3 Å². The highest BCUT2D eigenvalue weighted by Crippen LogP contribution is 2.21. The molecule has 0 radical (unpaired) electrons. The molecule has 2 aromatic rings. The topological polar surface area (TPSA) is 112 Å². The van der Waals surface area contributed by atoms with Gasteiger partial charge in [-0.15, -0.1) is 0 Å². The second kappa shape index (κ2) is 9.36. The number of carbonyl (C=O) groups excluding carboxylic acids is 1. The Bertz CT molecular complexity index is 1060. The number of ether oxygens (including phenoxy) is 1. The fourth-order valence-corrected chi connectivity index (χ4v) is 3.60. The molecule has 0 aliphatic carbocycles.